The van der Waals surface area contributed by atoms with Gasteiger partial charge in [-0.3, -0.25) is 4.79 Å². The average Bonchev–Trinajstić information content (AvgIpc) is 2.85. The first-order valence-corrected chi connectivity index (χ1v) is 6.91. The maximum atomic E-state index is 11.6. The number of carbonyl (C=O) groups excluding carboxylic acids is 1. The van der Waals surface area contributed by atoms with E-state index < -0.39 is 0 Å². The number of hydrogen-bond donors (Lipinski definition) is 2. The summed E-state index contributed by atoms with van der Waals surface area (Å²) in [6, 6.07) is 7.52. The Morgan fingerprint density at radius 1 is 1.39 bits per heavy atom. The number of halogens is 1. The average molecular weight is 313 g/mol. The van der Waals surface area contributed by atoms with Gasteiger partial charge >= 0.3 is 0 Å². The molecule has 4 nitrogen and oxygen atoms in total. The third-order valence-electron chi connectivity index (χ3n) is 2.81. The monoisotopic (exact) mass is 312 g/mol. The van der Waals surface area contributed by atoms with Gasteiger partial charge in [-0.05, 0) is 37.1 Å². The van der Waals surface area contributed by atoms with Crippen molar-refractivity contribution in [1.29, 1.82) is 0 Å². The van der Waals surface area contributed by atoms with Gasteiger partial charge in [-0.2, -0.15) is 0 Å². The standard InChI is InChI=1S/C13H17BrN2O2/c14-10-3-5-11(6-4-10)16-13(17)9-15-8-12-2-1-7-18-12/h3-6,12,15H,1-2,7-9H2,(H,16,17). The fourth-order valence-electron chi connectivity index (χ4n) is 1.89. The van der Waals surface area contributed by atoms with E-state index in [1.165, 1.54) is 0 Å². The highest BCUT2D eigenvalue weighted by atomic mass is 79.9. The van der Waals surface area contributed by atoms with E-state index in [0.29, 0.717) is 6.54 Å². The van der Waals surface area contributed by atoms with Gasteiger partial charge in [0.05, 0.1) is 12.6 Å². The fraction of sp³-hybridized carbons (Fsp3) is 0.462. The molecule has 18 heavy (non-hydrogen) atoms. The highest BCUT2D eigenvalue weighted by Gasteiger charge is 2.14. The van der Waals surface area contributed by atoms with Crippen molar-refractivity contribution >= 4 is 27.5 Å². The van der Waals surface area contributed by atoms with E-state index in [1.807, 2.05) is 24.3 Å². The van der Waals surface area contributed by atoms with Crippen LogP contribution in [0.1, 0.15) is 12.8 Å². The minimum absolute atomic E-state index is 0.0321. The molecule has 1 saturated heterocycles. The highest BCUT2D eigenvalue weighted by molar-refractivity contribution is 9.10. The Morgan fingerprint density at radius 2 is 2.17 bits per heavy atom. The van der Waals surface area contributed by atoms with Gasteiger partial charge in [0.15, 0.2) is 0 Å². The third kappa shape index (κ3) is 4.40. The van der Waals surface area contributed by atoms with Crippen LogP contribution in [-0.4, -0.2) is 31.7 Å². The molecule has 1 aromatic carbocycles. The number of nitrogens with one attached hydrogen (secondary N) is 2. The molecule has 0 aromatic heterocycles. The lowest BCUT2D eigenvalue weighted by Crippen LogP contribution is -2.33. The van der Waals surface area contributed by atoms with Gasteiger partial charge in [0.2, 0.25) is 5.91 Å². The van der Waals surface area contributed by atoms with E-state index in [9.17, 15) is 4.79 Å². The minimum atomic E-state index is -0.0321. The summed E-state index contributed by atoms with van der Waals surface area (Å²) in [5.41, 5.74) is 0.808. The van der Waals surface area contributed by atoms with E-state index in [4.69, 9.17) is 4.74 Å². The molecular formula is C13H17BrN2O2. The van der Waals surface area contributed by atoms with Gasteiger partial charge in [-0.1, -0.05) is 15.9 Å². The van der Waals surface area contributed by atoms with Crippen LogP contribution in [0.3, 0.4) is 0 Å². The molecule has 0 aliphatic carbocycles. The van der Waals surface area contributed by atoms with Gasteiger partial charge in [0.1, 0.15) is 0 Å². The second-order valence-electron chi connectivity index (χ2n) is 4.32. The predicted molar refractivity (Wildman–Crippen MR) is 74.6 cm³/mol. The first kappa shape index (κ1) is 13.5. The molecule has 0 bridgehead atoms. The van der Waals surface area contributed by atoms with Crippen LogP contribution in [0.5, 0.6) is 0 Å². The lowest BCUT2D eigenvalue weighted by Gasteiger charge is -2.10. The second-order valence-corrected chi connectivity index (χ2v) is 5.24. The molecule has 2 N–H and O–H groups in total. The quantitative estimate of drug-likeness (QED) is 0.876. The molecule has 1 aliphatic rings. The maximum Gasteiger partial charge on any atom is 0.238 e. The summed E-state index contributed by atoms with van der Waals surface area (Å²) in [6.45, 7) is 1.90. The Bertz CT molecular complexity index is 388. The van der Waals surface area contributed by atoms with Crippen molar-refractivity contribution in [1.82, 2.24) is 5.32 Å². The van der Waals surface area contributed by atoms with Crippen molar-refractivity contribution in [3.8, 4) is 0 Å². The van der Waals surface area contributed by atoms with Gasteiger partial charge in [-0.25, -0.2) is 0 Å². The molecular weight excluding hydrogens is 296 g/mol. The number of amides is 1. The molecule has 1 amide bonds. The number of benzene rings is 1. The summed E-state index contributed by atoms with van der Waals surface area (Å²) in [6.07, 6.45) is 2.48. The molecule has 1 unspecified atom stereocenters. The van der Waals surface area contributed by atoms with E-state index in [1.54, 1.807) is 0 Å². The van der Waals surface area contributed by atoms with Crippen molar-refractivity contribution in [2.24, 2.45) is 0 Å². The van der Waals surface area contributed by atoms with Crippen LogP contribution in [0, 0.1) is 0 Å². The Hall–Kier alpha value is -0.910. The first-order chi connectivity index (χ1) is 8.74. The van der Waals surface area contributed by atoms with Crippen LogP contribution in [-0.2, 0) is 9.53 Å². The number of rotatable bonds is 5. The van der Waals surface area contributed by atoms with Crippen LogP contribution >= 0.6 is 15.9 Å². The zero-order valence-electron chi connectivity index (χ0n) is 10.1. The molecule has 0 radical (unpaired) electrons. The number of anilines is 1. The summed E-state index contributed by atoms with van der Waals surface area (Å²) >= 11 is 3.35. The Balaban J connectivity index is 1.66. The summed E-state index contributed by atoms with van der Waals surface area (Å²) in [5, 5.41) is 5.94. The van der Waals surface area contributed by atoms with Gasteiger partial charge < -0.3 is 15.4 Å². The normalized spacial score (nSPS) is 18.8. The van der Waals surface area contributed by atoms with E-state index in [2.05, 4.69) is 26.6 Å². The Kier molecular flexibility index (Phi) is 5.16. The number of ether oxygens (including phenoxy) is 1. The highest BCUT2D eigenvalue weighted by Crippen LogP contribution is 2.14. The molecule has 2 rings (SSSR count). The van der Waals surface area contributed by atoms with Gasteiger partial charge in [0, 0.05) is 23.3 Å². The zero-order chi connectivity index (χ0) is 12.8. The third-order valence-corrected chi connectivity index (χ3v) is 3.34. The molecule has 1 aromatic rings. The largest absolute Gasteiger partial charge is 0.377 e. The molecule has 98 valence electrons. The second kappa shape index (κ2) is 6.87. The fourth-order valence-corrected chi connectivity index (χ4v) is 2.15. The van der Waals surface area contributed by atoms with Crippen LogP contribution in [0.2, 0.25) is 0 Å². The molecule has 1 heterocycles. The molecule has 0 saturated carbocycles. The molecule has 1 atom stereocenters. The van der Waals surface area contributed by atoms with E-state index in [-0.39, 0.29) is 12.0 Å². The van der Waals surface area contributed by atoms with Crippen molar-refractivity contribution in [2.75, 3.05) is 25.0 Å². The van der Waals surface area contributed by atoms with Crippen LogP contribution < -0.4 is 10.6 Å². The maximum absolute atomic E-state index is 11.6. The molecule has 1 fully saturated rings. The molecule has 0 spiro atoms. The lowest BCUT2D eigenvalue weighted by atomic mass is 10.2. The van der Waals surface area contributed by atoms with E-state index in [0.717, 1.165) is 36.2 Å². The van der Waals surface area contributed by atoms with Crippen LogP contribution in [0.4, 0.5) is 5.69 Å². The van der Waals surface area contributed by atoms with Gasteiger partial charge in [-0.15, -0.1) is 0 Å². The Morgan fingerprint density at radius 3 is 2.83 bits per heavy atom. The minimum Gasteiger partial charge on any atom is -0.377 e. The SMILES string of the molecule is O=C(CNCC1CCCO1)Nc1ccc(Br)cc1. The van der Waals surface area contributed by atoms with Crippen LogP contribution in [0.25, 0.3) is 0 Å². The first-order valence-electron chi connectivity index (χ1n) is 6.12. The van der Waals surface area contributed by atoms with E-state index >= 15 is 0 Å². The summed E-state index contributed by atoms with van der Waals surface area (Å²) in [4.78, 5) is 11.6. The summed E-state index contributed by atoms with van der Waals surface area (Å²) < 4.78 is 6.46. The summed E-state index contributed by atoms with van der Waals surface area (Å²) in [5.74, 6) is -0.0321. The topological polar surface area (TPSA) is 50.4 Å². The summed E-state index contributed by atoms with van der Waals surface area (Å²) in [7, 11) is 0. The smallest absolute Gasteiger partial charge is 0.238 e. The predicted octanol–water partition coefficient (Wildman–Crippen LogP) is 2.16. The van der Waals surface area contributed by atoms with Crippen molar-refractivity contribution in [2.45, 2.75) is 18.9 Å². The van der Waals surface area contributed by atoms with Crippen molar-refractivity contribution in [3.05, 3.63) is 28.7 Å². The lowest BCUT2D eigenvalue weighted by molar-refractivity contribution is -0.115. The Labute approximate surface area is 115 Å². The van der Waals surface area contributed by atoms with Crippen molar-refractivity contribution in [3.63, 3.8) is 0 Å². The zero-order valence-corrected chi connectivity index (χ0v) is 11.7. The van der Waals surface area contributed by atoms with Crippen LogP contribution in [0.15, 0.2) is 28.7 Å². The number of carbonyl (C=O) groups is 1. The van der Waals surface area contributed by atoms with Crippen molar-refractivity contribution < 1.29 is 9.53 Å². The van der Waals surface area contributed by atoms with Gasteiger partial charge in [0.25, 0.3) is 0 Å². The molecule has 1 aliphatic heterocycles. The number of hydrogen-bond acceptors (Lipinski definition) is 3. The molecule has 5 heteroatoms.